The van der Waals surface area contributed by atoms with Crippen LogP contribution in [0.25, 0.3) is 11.1 Å². The number of amides is 1. The molecule has 6 heteroatoms. The van der Waals surface area contributed by atoms with Gasteiger partial charge < -0.3 is 10.2 Å². The Kier molecular flexibility index (Phi) is 6.15. The smallest absolute Gasteiger partial charge is 0.241 e. The van der Waals surface area contributed by atoms with Crippen molar-refractivity contribution in [2.45, 2.75) is 19.4 Å². The Bertz CT molecular complexity index is 815. The number of halogens is 2. The minimum atomic E-state index is -0.222. The third-order valence-corrected chi connectivity index (χ3v) is 5.26. The number of benzene rings is 2. The van der Waals surface area contributed by atoms with Crippen LogP contribution in [0.15, 0.2) is 42.5 Å². The van der Waals surface area contributed by atoms with Gasteiger partial charge in [-0.15, -0.1) is 12.4 Å². The lowest BCUT2D eigenvalue weighted by Crippen LogP contribution is -2.52. The van der Waals surface area contributed by atoms with Crippen LogP contribution >= 0.6 is 12.4 Å². The molecule has 0 aromatic heterocycles. The molecule has 0 bridgehead atoms. The van der Waals surface area contributed by atoms with Crippen LogP contribution in [-0.4, -0.2) is 49.6 Å². The van der Waals surface area contributed by atoms with Crippen molar-refractivity contribution in [3.8, 4) is 11.1 Å². The Morgan fingerprint density at radius 2 is 2.00 bits per heavy atom. The zero-order valence-corrected chi connectivity index (χ0v) is 16.3. The van der Waals surface area contributed by atoms with Gasteiger partial charge in [0.05, 0.1) is 6.54 Å². The summed E-state index contributed by atoms with van der Waals surface area (Å²) < 4.78 is 14.6. The van der Waals surface area contributed by atoms with Crippen molar-refractivity contribution in [1.29, 1.82) is 0 Å². The summed E-state index contributed by atoms with van der Waals surface area (Å²) in [6.07, 6.45) is 0.713. The van der Waals surface area contributed by atoms with E-state index in [4.69, 9.17) is 0 Å². The Labute approximate surface area is 165 Å². The maximum absolute atomic E-state index is 14.6. The van der Waals surface area contributed by atoms with E-state index in [0.29, 0.717) is 31.1 Å². The number of piperazine rings is 1. The van der Waals surface area contributed by atoms with Gasteiger partial charge >= 0.3 is 0 Å². The van der Waals surface area contributed by atoms with E-state index in [-0.39, 0.29) is 24.1 Å². The summed E-state index contributed by atoms with van der Waals surface area (Å²) in [5.41, 5.74) is 3.17. The van der Waals surface area contributed by atoms with Gasteiger partial charge in [-0.2, -0.15) is 0 Å². The van der Waals surface area contributed by atoms with Gasteiger partial charge in [-0.25, -0.2) is 4.39 Å². The largest absolute Gasteiger partial charge is 0.312 e. The summed E-state index contributed by atoms with van der Waals surface area (Å²) in [7, 11) is 0. The lowest BCUT2D eigenvalue weighted by atomic mass is 10.0. The van der Waals surface area contributed by atoms with Gasteiger partial charge in [0.25, 0.3) is 0 Å². The fourth-order valence-corrected chi connectivity index (χ4v) is 3.94. The Morgan fingerprint density at radius 3 is 2.74 bits per heavy atom. The molecule has 1 saturated heterocycles. The van der Waals surface area contributed by atoms with E-state index >= 15 is 0 Å². The second-order valence-corrected chi connectivity index (χ2v) is 7.21. The molecule has 2 heterocycles. The Hall–Kier alpha value is -1.95. The van der Waals surface area contributed by atoms with Crippen LogP contribution in [0.3, 0.4) is 0 Å². The van der Waals surface area contributed by atoms with Gasteiger partial charge in [0.1, 0.15) is 5.82 Å². The van der Waals surface area contributed by atoms with E-state index in [2.05, 4.69) is 17.1 Å². The summed E-state index contributed by atoms with van der Waals surface area (Å²) in [5.74, 6) is -0.122. The van der Waals surface area contributed by atoms with Gasteiger partial charge in [0.15, 0.2) is 0 Å². The topological polar surface area (TPSA) is 35.6 Å². The number of hydrogen-bond donors (Lipinski definition) is 1. The van der Waals surface area contributed by atoms with Crippen LogP contribution in [-0.2, 0) is 11.2 Å². The van der Waals surface area contributed by atoms with Gasteiger partial charge in [0.2, 0.25) is 5.91 Å². The Morgan fingerprint density at radius 1 is 1.22 bits per heavy atom. The summed E-state index contributed by atoms with van der Waals surface area (Å²) in [4.78, 5) is 16.9. The molecule has 1 amide bonds. The molecule has 2 aliphatic heterocycles. The molecule has 0 spiro atoms. The molecule has 144 valence electrons. The van der Waals surface area contributed by atoms with Gasteiger partial charge in [-0.05, 0) is 36.6 Å². The normalized spacial score (nSPS) is 19.5. The number of nitrogens with zero attached hydrogens (tertiary/aromatic N) is 2. The number of hydrogen-bond acceptors (Lipinski definition) is 3. The molecule has 0 unspecified atom stereocenters. The third-order valence-electron chi connectivity index (χ3n) is 5.26. The number of fused-ring (bicyclic) bond motifs is 1. The van der Waals surface area contributed by atoms with Crippen LogP contribution in [0.5, 0.6) is 0 Å². The predicted molar refractivity (Wildman–Crippen MR) is 109 cm³/mol. The maximum Gasteiger partial charge on any atom is 0.241 e. The molecule has 2 aromatic carbocycles. The molecule has 0 aliphatic carbocycles. The number of rotatable bonds is 3. The zero-order valence-electron chi connectivity index (χ0n) is 15.5. The average molecular weight is 390 g/mol. The van der Waals surface area contributed by atoms with Crippen LogP contribution in [0.2, 0.25) is 0 Å². The number of anilines is 1. The summed E-state index contributed by atoms with van der Waals surface area (Å²) in [6, 6.07) is 13.3. The SMILES string of the molecule is C[C@@H]1CN(CC(=O)N2CCc3cc(F)c(-c4ccccc4)cc32)CCN1.Cl. The lowest BCUT2D eigenvalue weighted by molar-refractivity contribution is -0.119. The fourth-order valence-electron chi connectivity index (χ4n) is 3.94. The fraction of sp³-hybridized carbons (Fsp3) is 0.381. The Balaban J connectivity index is 0.00000210. The highest BCUT2D eigenvalue weighted by molar-refractivity contribution is 5.97. The quantitative estimate of drug-likeness (QED) is 0.876. The second-order valence-electron chi connectivity index (χ2n) is 7.21. The van der Waals surface area contributed by atoms with Crippen LogP contribution < -0.4 is 10.2 Å². The first-order chi connectivity index (χ1) is 12.6. The van der Waals surface area contributed by atoms with Gasteiger partial charge in [-0.1, -0.05) is 30.3 Å². The summed E-state index contributed by atoms with van der Waals surface area (Å²) in [6.45, 7) is 5.86. The van der Waals surface area contributed by atoms with E-state index in [1.54, 1.807) is 6.07 Å². The molecule has 0 saturated carbocycles. The maximum atomic E-state index is 14.6. The highest BCUT2D eigenvalue weighted by Gasteiger charge is 2.28. The van der Waals surface area contributed by atoms with E-state index in [0.717, 1.165) is 36.4 Å². The van der Waals surface area contributed by atoms with E-state index in [1.807, 2.05) is 41.3 Å². The molecule has 4 rings (SSSR count). The molecule has 0 radical (unpaired) electrons. The van der Waals surface area contributed by atoms with Crippen molar-refractivity contribution >= 4 is 24.0 Å². The molecule has 2 aliphatic rings. The molecule has 1 N–H and O–H groups in total. The second kappa shape index (κ2) is 8.38. The van der Waals surface area contributed by atoms with Crippen molar-refractivity contribution < 1.29 is 9.18 Å². The molecule has 1 fully saturated rings. The first kappa shape index (κ1) is 19.8. The highest BCUT2D eigenvalue weighted by Crippen LogP contribution is 2.35. The van der Waals surface area contributed by atoms with E-state index < -0.39 is 0 Å². The monoisotopic (exact) mass is 389 g/mol. The molecular weight excluding hydrogens is 365 g/mol. The number of nitrogens with one attached hydrogen (secondary N) is 1. The lowest BCUT2D eigenvalue weighted by Gasteiger charge is -2.32. The van der Waals surface area contributed by atoms with Crippen LogP contribution in [0, 0.1) is 5.82 Å². The standard InChI is InChI=1S/C21H24FN3O.ClH/c1-15-13-24(10-8-23-15)14-21(26)25-9-7-17-11-19(22)18(12-20(17)25)16-5-3-2-4-6-16;/h2-6,11-12,15,23H,7-10,13-14H2,1H3;1H/t15-;/m1./s1. The minimum absolute atomic E-state index is 0. The van der Waals surface area contributed by atoms with Crippen molar-refractivity contribution in [2.24, 2.45) is 0 Å². The first-order valence-electron chi connectivity index (χ1n) is 9.26. The minimum Gasteiger partial charge on any atom is -0.312 e. The molecular formula is C21H25ClFN3O. The molecule has 27 heavy (non-hydrogen) atoms. The van der Waals surface area contributed by atoms with E-state index in [9.17, 15) is 9.18 Å². The van der Waals surface area contributed by atoms with Crippen molar-refractivity contribution in [1.82, 2.24) is 10.2 Å². The molecule has 2 aromatic rings. The zero-order chi connectivity index (χ0) is 18.1. The third kappa shape index (κ3) is 4.15. The number of carbonyl (C=O) groups excluding carboxylic acids is 1. The number of carbonyl (C=O) groups is 1. The summed E-state index contributed by atoms with van der Waals surface area (Å²) in [5, 5.41) is 3.39. The molecule has 4 nitrogen and oxygen atoms in total. The van der Waals surface area contributed by atoms with Crippen LogP contribution in [0.1, 0.15) is 12.5 Å². The molecule has 1 atom stereocenters. The average Bonchev–Trinajstić information content (AvgIpc) is 3.04. The van der Waals surface area contributed by atoms with Crippen LogP contribution in [0.4, 0.5) is 10.1 Å². The van der Waals surface area contributed by atoms with Crippen molar-refractivity contribution in [2.75, 3.05) is 37.6 Å². The van der Waals surface area contributed by atoms with Gasteiger partial charge in [-0.3, -0.25) is 9.69 Å². The van der Waals surface area contributed by atoms with Crippen molar-refractivity contribution in [3.05, 3.63) is 53.8 Å². The highest BCUT2D eigenvalue weighted by atomic mass is 35.5. The first-order valence-corrected chi connectivity index (χ1v) is 9.26. The summed E-state index contributed by atoms with van der Waals surface area (Å²) >= 11 is 0. The van der Waals surface area contributed by atoms with E-state index in [1.165, 1.54) is 0 Å². The van der Waals surface area contributed by atoms with Gasteiger partial charge in [0, 0.05) is 43.5 Å². The predicted octanol–water partition coefficient (Wildman–Crippen LogP) is 3.10. The van der Waals surface area contributed by atoms with Crippen molar-refractivity contribution in [3.63, 3.8) is 0 Å².